The number of hydrogen-bond acceptors (Lipinski definition) is 5. The molecule has 0 aliphatic heterocycles. The molecule has 162 valence electrons. The van der Waals surface area contributed by atoms with Gasteiger partial charge in [-0.25, -0.2) is 4.79 Å². The zero-order valence-electron chi connectivity index (χ0n) is 17.2. The predicted octanol–water partition coefficient (Wildman–Crippen LogP) is 3.95. The van der Waals surface area contributed by atoms with Gasteiger partial charge in [0, 0.05) is 12.6 Å². The summed E-state index contributed by atoms with van der Waals surface area (Å²) >= 11 is 0. The maximum Gasteiger partial charge on any atom is 0.408 e. The number of nitrogens with one attached hydrogen (secondary N) is 1. The minimum absolute atomic E-state index is 0.0414. The van der Waals surface area contributed by atoms with Crippen LogP contribution in [0, 0.1) is 5.92 Å². The van der Waals surface area contributed by atoms with Crippen LogP contribution in [0.4, 0.5) is 4.79 Å². The van der Waals surface area contributed by atoms with Crippen molar-refractivity contribution in [3.8, 4) is 0 Å². The first kappa shape index (κ1) is 23.6. The van der Waals surface area contributed by atoms with Crippen LogP contribution < -0.4 is 5.32 Å². The van der Waals surface area contributed by atoms with E-state index in [0.717, 1.165) is 11.1 Å². The number of alkyl carbamates (subject to hydrolysis) is 1. The van der Waals surface area contributed by atoms with E-state index in [9.17, 15) is 19.0 Å². The van der Waals surface area contributed by atoms with Gasteiger partial charge in [-0.15, -0.1) is 0 Å². The van der Waals surface area contributed by atoms with Gasteiger partial charge in [-0.3, -0.25) is 9.36 Å². The molecule has 0 aliphatic carbocycles. The number of amides is 1. The Morgan fingerprint density at radius 1 is 1.00 bits per heavy atom. The van der Waals surface area contributed by atoms with E-state index in [2.05, 4.69) is 5.32 Å². The summed E-state index contributed by atoms with van der Waals surface area (Å²) < 4.78 is 23.3. The summed E-state index contributed by atoms with van der Waals surface area (Å²) in [5.41, 5.74) is 1.58. The molecule has 0 aliphatic rings. The number of benzene rings is 2. The second-order valence-electron chi connectivity index (χ2n) is 7.00. The summed E-state index contributed by atoms with van der Waals surface area (Å²) in [5, 5.41) is 2.53. The summed E-state index contributed by atoms with van der Waals surface area (Å²) in [6, 6.07) is 18.2. The van der Waals surface area contributed by atoms with Gasteiger partial charge in [0.15, 0.2) is 0 Å². The molecule has 0 saturated heterocycles. The largest absolute Gasteiger partial charge is 0.466 e. The lowest BCUT2D eigenvalue weighted by molar-refractivity contribution is -0.146. The molecule has 0 bridgehead atoms. The monoisotopic (exact) mass is 433 g/mol. The molecule has 2 aromatic carbocycles. The average Bonchev–Trinajstić information content (AvgIpc) is 2.73. The first-order valence-electron chi connectivity index (χ1n) is 9.81. The number of rotatable bonds is 10. The summed E-state index contributed by atoms with van der Waals surface area (Å²) in [6.07, 6.45) is -0.967. The first-order valence-corrected chi connectivity index (χ1v) is 11.7. The van der Waals surface area contributed by atoms with E-state index in [1.54, 1.807) is 19.1 Å². The number of hydrogen-bond donors (Lipinski definition) is 2. The van der Waals surface area contributed by atoms with Crippen LogP contribution in [-0.2, 0) is 31.9 Å². The van der Waals surface area contributed by atoms with Gasteiger partial charge in [0.05, 0.1) is 12.5 Å². The lowest BCUT2D eigenvalue weighted by Gasteiger charge is -2.26. The van der Waals surface area contributed by atoms with Gasteiger partial charge in [0.2, 0.25) is 7.37 Å². The Morgan fingerprint density at radius 2 is 1.57 bits per heavy atom. The fourth-order valence-corrected chi connectivity index (χ4v) is 4.90. The number of ether oxygens (including phenoxy) is 2. The van der Waals surface area contributed by atoms with Crippen molar-refractivity contribution in [2.24, 2.45) is 5.92 Å². The molecule has 0 heterocycles. The van der Waals surface area contributed by atoms with Crippen molar-refractivity contribution in [1.29, 1.82) is 0 Å². The minimum Gasteiger partial charge on any atom is -0.466 e. The Morgan fingerprint density at radius 3 is 2.13 bits per heavy atom. The predicted molar refractivity (Wildman–Crippen MR) is 114 cm³/mol. The fourth-order valence-electron chi connectivity index (χ4n) is 2.91. The molecule has 8 heteroatoms. The van der Waals surface area contributed by atoms with Crippen LogP contribution >= 0.6 is 7.37 Å². The van der Waals surface area contributed by atoms with Crippen molar-refractivity contribution >= 4 is 19.4 Å². The molecule has 2 N–H and O–H groups in total. The second kappa shape index (κ2) is 11.5. The molecule has 0 fully saturated rings. The Kier molecular flexibility index (Phi) is 9.09. The van der Waals surface area contributed by atoms with E-state index in [4.69, 9.17) is 9.47 Å². The number of esters is 1. The first-order chi connectivity index (χ1) is 14.3. The van der Waals surface area contributed by atoms with Gasteiger partial charge in [-0.05, 0) is 18.1 Å². The van der Waals surface area contributed by atoms with E-state index in [1.807, 2.05) is 48.5 Å². The van der Waals surface area contributed by atoms with Crippen molar-refractivity contribution in [3.05, 3.63) is 71.8 Å². The topological polar surface area (TPSA) is 102 Å². The van der Waals surface area contributed by atoms with Crippen molar-refractivity contribution in [2.75, 3.05) is 12.8 Å². The number of carbonyl (C=O) groups excluding carboxylic acids is 2. The third kappa shape index (κ3) is 7.65. The molecule has 2 aromatic rings. The summed E-state index contributed by atoms with van der Waals surface area (Å²) in [5.74, 6) is -2.42. The number of carbonyl (C=O) groups is 2. The molecule has 0 aromatic heterocycles. The SMILES string of the molecule is CCOC(=O)C(C)CP(=O)(O)C(Cc1ccccc1)NC(=O)OCc1ccccc1. The van der Waals surface area contributed by atoms with Crippen LogP contribution in [-0.4, -0.2) is 35.5 Å². The van der Waals surface area contributed by atoms with E-state index in [1.165, 1.54) is 6.92 Å². The van der Waals surface area contributed by atoms with Gasteiger partial charge in [0.25, 0.3) is 0 Å². The van der Waals surface area contributed by atoms with Crippen LogP contribution in [0.5, 0.6) is 0 Å². The van der Waals surface area contributed by atoms with Crippen molar-refractivity contribution < 1.29 is 28.5 Å². The molecule has 2 rings (SSSR count). The highest BCUT2D eigenvalue weighted by molar-refractivity contribution is 7.58. The summed E-state index contributed by atoms with van der Waals surface area (Å²) in [6.45, 7) is 3.44. The molecule has 7 nitrogen and oxygen atoms in total. The van der Waals surface area contributed by atoms with Crippen molar-refractivity contribution in [3.63, 3.8) is 0 Å². The van der Waals surface area contributed by atoms with E-state index in [0.29, 0.717) is 0 Å². The molecule has 3 atom stereocenters. The lowest BCUT2D eigenvalue weighted by atomic mass is 10.1. The molecule has 0 radical (unpaired) electrons. The average molecular weight is 433 g/mol. The zero-order valence-corrected chi connectivity index (χ0v) is 18.1. The van der Waals surface area contributed by atoms with Crippen LogP contribution in [0.3, 0.4) is 0 Å². The molecule has 1 amide bonds. The standard InChI is InChI=1S/C22H28NO6P/c1-3-28-21(24)17(2)16-30(26,27)20(14-18-10-6-4-7-11-18)23-22(25)29-15-19-12-8-5-9-13-19/h4-13,17,20H,3,14-16H2,1-2H3,(H,23,25)(H,26,27). The minimum atomic E-state index is -3.96. The van der Waals surface area contributed by atoms with Gasteiger partial charge in [0.1, 0.15) is 12.4 Å². The van der Waals surface area contributed by atoms with Crippen LogP contribution in [0.25, 0.3) is 0 Å². The summed E-state index contributed by atoms with van der Waals surface area (Å²) in [4.78, 5) is 35.0. The smallest absolute Gasteiger partial charge is 0.408 e. The van der Waals surface area contributed by atoms with Gasteiger partial charge in [-0.2, -0.15) is 0 Å². The Balaban J connectivity index is 2.09. The van der Waals surface area contributed by atoms with E-state index < -0.39 is 31.1 Å². The van der Waals surface area contributed by atoms with Gasteiger partial charge < -0.3 is 19.7 Å². The Hall–Kier alpha value is -2.63. The normalized spacial score (nSPS) is 14.8. The molecule has 3 unspecified atom stereocenters. The quantitative estimate of drug-likeness (QED) is 0.435. The molecule has 0 spiro atoms. The second-order valence-corrected chi connectivity index (χ2v) is 9.50. The van der Waals surface area contributed by atoms with Crippen LogP contribution in [0.1, 0.15) is 25.0 Å². The summed E-state index contributed by atoms with van der Waals surface area (Å²) in [7, 11) is -3.96. The van der Waals surface area contributed by atoms with Crippen molar-refractivity contribution in [1.82, 2.24) is 5.32 Å². The molecule has 0 saturated carbocycles. The molecule has 30 heavy (non-hydrogen) atoms. The maximum atomic E-state index is 13.1. The highest BCUT2D eigenvalue weighted by Gasteiger charge is 2.36. The van der Waals surface area contributed by atoms with Gasteiger partial charge in [-0.1, -0.05) is 67.6 Å². The third-order valence-corrected chi connectivity index (χ3v) is 6.84. The van der Waals surface area contributed by atoms with E-state index >= 15 is 0 Å². The fraction of sp³-hybridized carbons (Fsp3) is 0.364. The van der Waals surface area contributed by atoms with Crippen molar-refractivity contribution in [2.45, 2.75) is 32.7 Å². The van der Waals surface area contributed by atoms with Crippen LogP contribution in [0.2, 0.25) is 0 Å². The molecular formula is C22H28NO6P. The Bertz CT molecular complexity index is 858. The maximum absolute atomic E-state index is 13.1. The highest BCUT2D eigenvalue weighted by atomic mass is 31.2. The molecular weight excluding hydrogens is 405 g/mol. The zero-order chi connectivity index (χ0) is 22.0. The van der Waals surface area contributed by atoms with E-state index in [-0.39, 0.29) is 25.8 Å². The lowest BCUT2D eigenvalue weighted by Crippen LogP contribution is -2.38. The third-order valence-electron chi connectivity index (χ3n) is 4.48. The highest BCUT2D eigenvalue weighted by Crippen LogP contribution is 2.48. The van der Waals surface area contributed by atoms with Crippen LogP contribution in [0.15, 0.2) is 60.7 Å². The van der Waals surface area contributed by atoms with Gasteiger partial charge >= 0.3 is 12.1 Å². The Labute approximate surface area is 176 Å².